The predicted molar refractivity (Wildman–Crippen MR) is 40.9 cm³/mol. The topological polar surface area (TPSA) is 177 Å². The van der Waals surface area contributed by atoms with Crippen LogP contribution in [0.5, 0.6) is 0 Å². The molecule has 0 fully saturated rings. The molecule has 0 N–H and O–H groups in total. The van der Waals surface area contributed by atoms with E-state index in [1.807, 2.05) is 0 Å². The van der Waals surface area contributed by atoms with Crippen LogP contribution in [0.1, 0.15) is 0 Å². The van der Waals surface area contributed by atoms with Crippen molar-refractivity contribution in [2.45, 2.75) is 0 Å². The SMILES string of the molecule is [Al+3].[Al+3].[Al+3].[Al+3].[Al+3].[N-3].[N-3].[N-3].[O-2].[O-2].[O-2]. The van der Waals surface area contributed by atoms with E-state index in [0.717, 1.165) is 0 Å². The summed E-state index contributed by atoms with van der Waals surface area (Å²) in [4.78, 5) is 0. The summed E-state index contributed by atoms with van der Waals surface area (Å²) in [6, 6.07) is 0. The summed E-state index contributed by atoms with van der Waals surface area (Å²) >= 11 is 0. The van der Waals surface area contributed by atoms with Crippen LogP contribution in [-0.4, -0.2) is 86.8 Å². The number of nitrogens with zero attached hydrogens (tertiary/aromatic N) is 3. The van der Waals surface area contributed by atoms with E-state index in [-0.39, 0.29) is 122 Å². The third-order valence-corrected chi connectivity index (χ3v) is 0. The Morgan fingerprint density at radius 2 is 0.273 bits per heavy atom. The molecule has 0 aliphatic heterocycles. The Labute approximate surface area is 121 Å². The quantitative estimate of drug-likeness (QED) is 0.440. The van der Waals surface area contributed by atoms with Gasteiger partial charge in [0.15, 0.2) is 0 Å². The minimum absolute atomic E-state index is 0. The molecule has 48 valence electrons. The van der Waals surface area contributed by atoms with Crippen molar-refractivity contribution in [2.24, 2.45) is 0 Å². The fourth-order valence-corrected chi connectivity index (χ4v) is 0. The Morgan fingerprint density at radius 3 is 0.273 bits per heavy atom. The van der Waals surface area contributed by atoms with Crippen LogP contribution in [0.4, 0.5) is 0 Å². The first-order chi connectivity index (χ1) is 0. The molecule has 0 aliphatic carbocycles. The molecule has 11 heavy (non-hydrogen) atoms. The van der Waals surface area contributed by atoms with Gasteiger partial charge in [-0.25, -0.2) is 0 Å². The second-order valence-corrected chi connectivity index (χ2v) is 0. The molecule has 11 heteroatoms. The second-order valence-electron chi connectivity index (χ2n) is 0. The smallest absolute Gasteiger partial charge is 3.00 e. The average molecular weight is 225 g/mol. The summed E-state index contributed by atoms with van der Waals surface area (Å²) in [5, 5.41) is 0. The standard InChI is InChI=1S/5Al.3N.3O/q5*+3;3*-3;3*-2. The van der Waals surface area contributed by atoms with Crippen molar-refractivity contribution in [3.8, 4) is 0 Å². The summed E-state index contributed by atoms with van der Waals surface area (Å²) in [6.45, 7) is 0. The van der Waals surface area contributed by atoms with Gasteiger partial charge in [0.25, 0.3) is 0 Å². The summed E-state index contributed by atoms with van der Waals surface area (Å²) in [5.74, 6) is 0. The number of hydrogen-bond acceptors (Lipinski definition) is 0. The van der Waals surface area contributed by atoms with Crippen molar-refractivity contribution in [3.63, 3.8) is 0 Å². The van der Waals surface area contributed by atoms with E-state index in [1.54, 1.807) is 0 Å². The van der Waals surface area contributed by atoms with Gasteiger partial charge in [0.1, 0.15) is 0 Å². The van der Waals surface area contributed by atoms with Crippen molar-refractivity contribution in [3.05, 3.63) is 18.5 Å². The Hall–Kier alpha value is 2.42. The van der Waals surface area contributed by atoms with Gasteiger partial charge in [0, 0.05) is 0 Å². The van der Waals surface area contributed by atoms with Crippen LogP contribution in [0.2, 0.25) is 0 Å². The molecule has 0 unspecified atom stereocenters. The zero-order chi connectivity index (χ0) is 0. The minimum atomic E-state index is 0. The molecule has 0 aromatic carbocycles. The fourth-order valence-electron chi connectivity index (χ4n) is 0. The molecule has 0 spiro atoms. The van der Waals surface area contributed by atoms with E-state index in [0.29, 0.717) is 0 Å². The van der Waals surface area contributed by atoms with Crippen molar-refractivity contribution < 1.29 is 16.4 Å². The first kappa shape index (κ1) is 353. The van der Waals surface area contributed by atoms with E-state index >= 15 is 0 Å². The van der Waals surface area contributed by atoms with E-state index in [1.165, 1.54) is 0 Å². The Balaban J connectivity index is 0. The molecule has 0 aromatic heterocycles. The van der Waals surface area contributed by atoms with Gasteiger partial charge >= 0.3 is 86.8 Å². The molecular weight excluding hydrogens is 225 g/mol. The first-order valence-electron chi connectivity index (χ1n) is 0. The summed E-state index contributed by atoms with van der Waals surface area (Å²) in [6.07, 6.45) is 0. The first-order valence-corrected chi connectivity index (χ1v) is 0. The van der Waals surface area contributed by atoms with E-state index in [2.05, 4.69) is 0 Å². The monoisotopic (exact) mass is 225 g/mol. The zero-order valence-corrected chi connectivity index (χ0v) is 11.2. The van der Waals surface area contributed by atoms with Crippen molar-refractivity contribution in [2.75, 3.05) is 0 Å². The molecule has 0 saturated heterocycles. The van der Waals surface area contributed by atoms with Gasteiger partial charge in [-0.3, -0.25) is 0 Å². The van der Waals surface area contributed by atoms with Crippen LogP contribution in [0.25, 0.3) is 18.5 Å². The van der Waals surface area contributed by atoms with E-state index in [4.69, 9.17) is 0 Å². The molecule has 0 aromatic rings. The van der Waals surface area contributed by atoms with Gasteiger partial charge < -0.3 is 34.9 Å². The summed E-state index contributed by atoms with van der Waals surface area (Å²) in [5.41, 5.74) is 0. The molecule has 0 bridgehead atoms. The van der Waals surface area contributed by atoms with Gasteiger partial charge in [0.05, 0.1) is 0 Å². The maximum absolute atomic E-state index is 0. The fraction of sp³-hybridized carbons (Fsp3) is 0. The Morgan fingerprint density at radius 1 is 0.273 bits per heavy atom. The van der Waals surface area contributed by atoms with E-state index in [9.17, 15) is 0 Å². The zero-order valence-electron chi connectivity index (χ0n) is 5.45. The number of hydrogen-bond donors (Lipinski definition) is 0. The van der Waals surface area contributed by atoms with Crippen LogP contribution in [-0.2, 0) is 16.4 Å². The Kier molecular flexibility index (Phi) is 8860. The van der Waals surface area contributed by atoms with Crippen molar-refractivity contribution in [1.29, 1.82) is 0 Å². The summed E-state index contributed by atoms with van der Waals surface area (Å²) < 4.78 is 0. The molecule has 0 heterocycles. The molecule has 0 rings (SSSR count). The molecule has 0 aliphatic rings. The predicted octanol–water partition coefficient (Wildman–Crippen LogP) is -1.39. The van der Waals surface area contributed by atoms with Crippen LogP contribution in [0.15, 0.2) is 0 Å². The third-order valence-electron chi connectivity index (χ3n) is 0. The van der Waals surface area contributed by atoms with Crippen LogP contribution >= 0.6 is 0 Å². The second kappa shape index (κ2) is 276. The van der Waals surface area contributed by atoms with Crippen LogP contribution in [0.3, 0.4) is 0 Å². The maximum Gasteiger partial charge on any atom is 3.00 e. The van der Waals surface area contributed by atoms with Gasteiger partial charge in [-0.2, -0.15) is 0 Å². The van der Waals surface area contributed by atoms with Crippen LogP contribution in [0, 0.1) is 0 Å². The number of rotatable bonds is 0. The molecule has 0 amide bonds. The third kappa shape index (κ3) is 230. The molecular formula is Al5N3O3. The Bertz CT molecular complexity index is 16.9. The van der Waals surface area contributed by atoms with Gasteiger partial charge in [-0.05, 0) is 0 Å². The largest absolute Gasteiger partial charge is 3.00 e. The van der Waals surface area contributed by atoms with Gasteiger partial charge in [-0.1, -0.05) is 0 Å². The normalized spacial score (nSPS) is 0. The van der Waals surface area contributed by atoms with Gasteiger partial charge in [0.2, 0.25) is 0 Å². The molecule has 0 saturated carbocycles. The minimum Gasteiger partial charge on any atom is -3.00 e. The van der Waals surface area contributed by atoms with E-state index < -0.39 is 0 Å². The van der Waals surface area contributed by atoms with Crippen molar-refractivity contribution >= 4 is 86.8 Å². The van der Waals surface area contributed by atoms with Gasteiger partial charge in [-0.15, -0.1) is 0 Å². The molecule has 0 atom stereocenters. The molecule has 0 radical (unpaired) electrons. The van der Waals surface area contributed by atoms with Crippen LogP contribution < -0.4 is 0 Å². The molecule has 6 nitrogen and oxygen atoms in total. The maximum atomic E-state index is 0. The van der Waals surface area contributed by atoms with Crippen molar-refractivity contribution in [1.82, 2.24) is 0 Å². The summed E-state index contributed by atoms with van der Waals surface area (Å²) in [7, 11) is 0. The average Bonchev–Trinajstić information content (AvgIpc) is 0.